The second-order valence-corrected chi connectivity index (χ2v) is 7.23. The molecule has 1 saturated heterocycles. The standard InChI is InChI=1S/C22H22N2O5/c1-28-15-9-10-19(29-2)16(12-15)18(25)13-24-20(26)22(23-21(24)27)11-5-7-14-6-3-4-8-17(14)22/h3-4,6,8-10,12H,5,7,11,13H2,1-2H3,(H,23,27)/t22-/m0/s1. The van der Waals surface area contributed by atoms with Crippen LogP contribution in [0.3, 0.4) is 0 Å². The summed E-state index contributed by atoms with van der Waals surface area (Å²) in [4.78, 5) is 40.0. The van der Waals surface area contributed by atoms with Crippen LogP contribution in [0.5, 0.6) is 11.5 Å². The highest BCUT2D eigenvalue weighted by atomic mass is 16.5. The van der Waals surface area contributed by atoms with Gasteiger partial charge in [0.1, 0.15) is 17.0 Å². The van der Waals surface area contributed by atoms with Crippen molar-refractivity contribution in [3.8, 4) is 11.5 Å². The second-order valence-electron chi connectivity index (χ2n) is 7.23. The van der Waals surface area contributed by atoms with Gasteiger partial charge in [0.15, 0.2) is 5.78 Å². The van der Waals surface area contributed by atoms with Crippen molar-refractivity contribution in [1.82, 2.24) is 10.2 Å². The van der Waals surface area contributed by atoms with E-state index in [1.807, 2.05) is 24.3 Å². The molecule has 2 aromatic carbocycles. The second kappa shape index (κ2) is 7.24. The first-order valence-electron chi connectivity index (χ1n) is 9.48. The summed E-state index contributed by atoms with van der Waals surface area (Å²) < 4.78 is 10.4. The number of aryl methyl sites for hydroxylation is 1. The first kappa shape index (κ1) is 19.0. The van der Waals surface area contributed by atoms with Crippen LogP contribution < -0.4 is 14.8 Å². The molecule has 150 valence electrons. The minimum absolute atomic E-state index is 0.262. The minimum atomic E-state index is -1.09. The number of urea groups is 1. The molecule has 2 aliphatic rings. The molecule has 0 unspecified atom stereocenters. The van der Waals surface area contributed by atoms with Gasteiger partial charge in [-0.3, -0.25) is 14.5 Å². The van der Waals surface area contributed by atoms with Crippen LogP contribution in [0.2, 0.25) is 0 Å². The number of fused-ring (bicyclic) bond motifs is 2. The van der Waals surface area contributed by atoms with E-state index >= 15 is 0 Å². The zero-order chi connectivity index (χ0) is 20.6. The molecule has 0 bridgehead atoms. The Morgan fingerprint density at radius 1 is 1.14 bits per heavy atom. The Kier molecular flexibility index (Phi) is 4.74. The summed E-state index contributed by atoms with van der Waals surface area (Å²) >= 11 is 0. The third-order valence-electron chi connectivity index (χ3n) is 5.66. The molecule has 1 aliphatic carbocycles. The molecule has 1 spiro atoms. The number of nitrogens with zero attached hydrogens (tertiary/aromatic N) is 1. The van der Waals surface area contributed by atoms with Gasteiger partial charge in [-0.15, -0.1) is 0 Å². The van der Waals surface area contributed by atoms with E-state index in [0.717, 1.165) is 28.9 Å². The Labute approximate surface area is 168 Å². The van der Waals surface area contributed by atoms with Crippen molar-refractivity contribution in [3.05, 3.63) is 59.2 Å². The molecule has 4 rings (SSSR count). The van der Waals surface area contributed by atoms with Gasteiger partial charge in [-0.05, 0) is 48.6 Å². The van der Waals surface area contributed by atoms with Crippen molar-refractivity contribution in [2.75, 3.05) is 20.8 Å². The van der Waals surface area contributed by atoms with Gasteiger partial charge in [0, 0.05) is 0 Å². The predicted octanol–water partition coefficient (Wildman–Crippen LogP) is 2.67. The molecule has 7 heteroatoms. The van der Waals surface area contributed by atoms with E-state index in [4.69, 9.17) is 9.47 Å². The van der Waals surface area contributed by atoms with Crippen molar-refractivity contribution in [2.24, 2.45) is 0 Å². The number of hydrogen-bond acceptors (Lipinski definition) is 5. The number of methoxy groups -OCH3 is 2. The lowest BCUT2D eigenvalue weighted by Crippen LogP contribution is -2.46. The van der Waals surface area contributed by atoms with Crippen LogP contribution in [-0.4, -0.2) is 43.4 Å². The normalized spacial score (nSPS) is 20.4. The molecule has 7 nitrogen and oxygen atoms in total. The van der Waals surface area contributed by atoms with Gasteiger partial charge in [0.2, 0.25) is 0 Å². The summed E-state index contributed by atoms with van der Waals surface area (Å²) in [5.74, 6) is 0.0693. The average molecular weight is 394 g/mol. The Morgan fingerprint density at radius 3 is 2.69 bits per heavy atom. The number of amides is 3. The summed E-state index contributed by atoms with van der Waals surface area (Å²) in [7, 11) is 2.96. The smallest absolute Gasteiger partial charge is 0.325 e. The number of ketones is 1. The van der Waals surface area contributed by atoms with Gasteiger partial charge in [-0.2, -0.15) is 0 Å². The molecule has 1 aliphatic heterocycles. The molecule has 0 saturated carbocycles. The van der Waals surface area contributed by atoms with Gasteiger partial charge >= 0.3 is 6.03 Å². The quantitative estimate of drug-likeness (QED) is 0.623. The van der Waals surface area contributed by atoms with Crippen LogP contribution in [0.4, 0.5) is 4.79 Å². The van der Waals surface area contributed by atoms with Gasteiger partial charge in [0.25, 0.3) is 5.91 Å². The van der Waals surface area contributed by atoms with Crippen LogP contribution in [0, 0.1) is 0 Å². The summed E-state index contributed by atoms with van der Waals surface area (Å²) in [5.41, 5.74) is 1.04. The number of ether oxygens (including phenoxy) is 2. The fraction of sp³-hybridized carbons (Fsp3) is 0.318. The van der Waals surface area contributed by atoms with Crippen molar-refractivity contribution >= 4 is 17.7 Å². The van der Waals surface area contributed by atoms with Crippen molar-refractivity contribution in [2.45, 2.75) is 24.8 Å². The van der Waals surface area contributed by atoms with Crippen molar-refractivity contribution in [1.29, 1.82) is 0 Å². The predicted molar refractivity (Wildman–Crippen MR) is 105 cm³/mol. The van der Waals surface area contributed by atoms with Gasteiger partial charge in [-0.25, -0.2) is 4.79 Å². The molecule has 1 heterocycles. The zero-order valence-corrected chi connectivity index (χ0v) is 16.4. The van der Waals surface area contributed by atoms with E-state index in [1.54, 1.807) is 18.2 Å². The number of imide groups is 1. The number of Topliss-reactive ketones (excluding diaryl/α,β-unsaturated/α-hetero) is 1. The SMILES string of the molecule is COc1ccc(OC)c(C(=O)CN2C(=O)N[C@]3(CCCc4ccccc43)C2=O)c1. The van der Waals surface area contributed by atoms with Crippen LogP contribution in [0.25, 0.3) is 0 Å². The number of rotatable bonds is 5. The summed E-state index contributed by atoms with van der Waals surface area (Å²) in [5, 5.41) is 2.86. The number of benzene rings is 2. The van der Waals surface area contributed by atoms with Crippen LogP contribution >= 0.6 is 0 Å². The minimum Gasteiger partial charge on any atom is -0.497 e. The van der Waals surface area contributed by atoms with Gasteiger partial charge in [-0.1, -0.05) is 24.3 Å². The molecular formula is C22H22N2O5. The van der Waals surface area contributed by atoms with E-state index in [0.29, 0.717) is 17.9 Å². The summed E-state index contributed by atoms with van der Waals surface area (Å²) in [6.45, 7) is -0.363. The van der Waals surface area contributed by atoms with E-state index in [-0.39, 0.29) is 18.0 Å². The zero-order valence-electron chi connectivity index (χ0n) is 16.4. The Hall–Kier alpha value is -3.35. The number of hydrogen-bond donors (Lipinski definition) is 1. The molecule has 0 radical (unpaired) electrons. The topological polar surface area (TPSA) is 84.9 Å². The summed E-state index contributed by atoms with van der Waals surface area (Å²) in [6.07, 6.45) is 2.16. The first-order chi connectivity index (χ1) is 14.0. The average Bonchev–Trinajstić information content (AvgIpc) is 2.98. The molecule has 1 fully saturated rings. The highest BCUT2D eigenvalue weighted by Crippen LogP contribution is 2.40. The molecular weight excluding hydrogens is 372 g/mol. The van der Waals surface area contributed by atoms with E-state index < -0.39 is 17.4 Å². The number of nitrogens with one attached hydrogen (secondary N) is 1. The molecule has 3 amide bonds. The largest absolute Gasteiger partial charge is 0.497 e. The van der Waals surface area contributed by atoms with Crippen LogP contribution in [-0.2, 0) is 16.8 Å². The Bertz CT molecular complexity index is 1000. The third-order valence-corrected chi connectivity index (χ3v) is 5.66. The monoisotopic (exact) mass is 394 g/mol. The lowest BCUT2D eigenvalue weighted by atomic mass is 9.76. The Balaban J connectivity index is 1.64. The summed E-state index contributed by atoms with van der Waals surface area (Å²) in [6, 6.07) is 11.9. The highest BCUT2D eigenvalue weighted by molar-refractivity contribution is 6.12. The van der Waals surface area contributed by atoms with E-state index in [9.17, 15) is 14.4 Å². The fourth-order valence-corrected chi connectivity index (χ4v) is 4.22. The maximum atomic E-state index is 13.3. The van der Waals surface area contributed by atoms with E-state index in [2.05, 4.69) is 5.32 Å². The maximum Gasteiger partial charge on any atom is 0.325 e. The van der Waals surface area contributed by atoms with Crippen LogP contribution in [0.1, 0.15) is 34.3 Å². The molecule has 1 atom stereocenters. The third kappa shape index (κ3) is 3.03. The van der Waals surface area contributed by atoms with E-state index in [1.165, 1.54) is 14.2 Å². The molecule has 2 aromatic rings. The lowest BCUT2D eigenvalue weighted by Gasteiger charge is -2.33. The van der Waals surface area contributed by atoms with Gasteiger partial charge < -0.3 is 14.8 Å². The molecule has 0 aromatic heterocycles. The van der Waals surface area contributed by atoms with Crippen LogP contribution in [0.15, 0.2) is 42.5 Å². The lowest BCUT2D eigenvalue weighted by molar-refractivity contribution is -0.131. The Morgan fingerprint density at radius 2 is 1.93 bits per heavy atom. The first-order valence-corrected chi connectivity index (χ1v) is 9.48. The van der Waals surface area contributed by atoms with Crippen molar-refractivity contribution < 1.29 is 23.9 Å². The maximum absolute atomic E-state index is 13.3. The highest BCUT2D eigenvalue weighted by Gasteiger charge is 2.54. The number of carbonyl (C=O) groups is 3. The van der Waals surface area contributed by atoms with Gasteiger partial charge in [0.05, 0.1) is 26.3 Å². The molecule has 29 heavy (non-hydrogen) atoms. The molecule has 1 N–H and O–H groups in total. The fourth-order valence-electron chi connectivity index (χ4n) is 4.22. The van der Waals surface area contributed by atoms with Crippen molar-refractivity contribution in [3.63, 3.8) is 0 Å². The number of carbonyl (C=O) groups excluding carboxylic acids is 3.